The van der Waals surface area contributed by atoms with Crippen LogP contribution in [0, 0.1) is 0 Å². The van der Waals surface area contributed by atoms with Gasteiger partial charge in [-0.1, -0.05) is 24.8 Å². The molecule has 7 nitrogen and oxygen atoms in total. The maximum Gasteiger partial charge on any atom is 0.240 e. The molecule has 1 aromatic carbocycles. The minimum absolute atomic E-state index is 0.358. The van der Waals surface area contributed by atoms with Crippen molar-refractivity contribution in [3.8, 4) is 0 Å². The third-order valence-corrected chi connectivity index (χ3v) is 5.33. The molecule has 1 fully saturated rings. The molecule has 30 heavy (non-hydrogen) atoms. The second-order valence-corrected chi connectivity index (χ2v) is 7.99. The van der Waals surface area contributed by atoms with Gasteiger partial charge < -0.3 is 9.64 Å². The van der Waals surface area contributed by atoms with Crippen molar-refractivity contribution in [3.05, 3.63) is 70.6 Å². The van der Waals surface area contributed by atoms with Crippen molar-refractivity contribution in [3.63, 3.8) is 0 Å². The van der Waals surface area contributed by atoms with E-state index in [9.17, 15) is 0 Å². The van der Waals surface area contributed by atoms with Crippen LogP contribution in [-0.4, -0.2) is 28.9 Å². The summed E-state index contributed by atoms with van der Waals surface area (Å²) in [5.74, 6) is 14.3. The maximum atomic E-state index is 6.63. The summed E-state index contributed by atoms with van der Waals surface area (Å²) >= 11 is 6.63. The Morgan fingerprint density at radius 2 is 1.90 bits per heavy atom. The number of allylic oxidation sites excluding steroid dienone is 3. The van der Waals surface area contributed by atoms with Crippen LogP contribution in [0.25, 0.3) is 5.70 Å². The van der Waals surface area contributed by atoms with Gasteiger partial charge in [0.2, 0.25) is 5.88 Å². The standard InChI is InChI=1S/C22H29ClN6O/c1-13(2)20(28(24)16(6)26-14(3)4)22-29(25)21(15(5)30-22)18-9-8-17(12-19(18)23)27-10-7-11-27/h8-9,12H,1,3,7,10-11,24-25H2,2,4-6H3/b22-20-,26-16?. The summed E-state index contributed by atoms with van der Waals surface area (Å²) in [5.41, 5.74) is 4.39. The molecule has 1 saturated heterocycles. The lowest BCUT2D eigenvalue weighted by Gasteiger charge is -2.33. The molecule has 2 aliphatic heterocycles. The topological polar surface area (TPSA) is 83.3 Å². The largest absolute Gasteiger partial charge is 0.440 e. The molecule has 2 heterocycles. The highest BCUT2D eigenvalue weighted by Crippen LogP contribution is 2.40. The van der Waals surface area contributed by atoms with Crippen LogP contribution in [0.15, 0.2) is 65.0 Å². The Labute approximate surface area is 183 Å². The van der Waals surface area contributed by atoms with Crippen LogP contribution in [0.1, 0.15) is 39.7 Å². The first kappa shape index (κ1) is 22.0. The Hall–Kier alpha value is -2.74. The van der Waals surface area contributed by atoms with Gasteiger partial charge in [0.15, 0.2) is 0 Å². The van der Waals surface area contributed by atoms with Gasteiger partial charge in [-0.05, 0) is 57.9 Å². The van der Waals surface area contributed by atoms with Crippen molar-refractivity contribution in [2.45, 2.75) is 34.1 Å². The Bertz CT molecular complexity index is 989. The highest BCUT2D eigenvalue weighted by molar-refractivity contribution is 6.32. The highest BCUT2D eigenvalue weighted by Gasteiger charge is 2.32. The van der Waals surface area contributed by atoms with Gasteiger partial charge in [0, 0.05) is 30.0 Å². The molecule has 0 radical (unpaired) electrons. The predicted octanol–water partition coefficient (Wildman–Crippen LogP) is 4.32. The zero-order chi connectivity index (χ0) is 22.2. The summed E-state index contributed by atoms with van der Waals surface area (Å²) < 4.78 is 6.04. The number of amidine groups is 1. The fourth-order valence-corrected chi connectivity index (χ4v) is 3.71. The number of halogens is 1. The van der Waals surface area contributed by atoms with E-state index in [1.807, 2.05) is 26.0 Å². The van der Waals surface area contributed by atoms with Crippen LogP contribution in [0.5, 0.6) is 0 Å². The minimum Gasteiger partial charge on any atom is -0.440 e. The first-order chi connectivity index (χ1) is 14.1. The van der Waals surface area contributed by atoms with E-state index >= 15 is 0 Å². The SMILES string of the molecule is C=C(C)N=C(C)N(N)/C(C(=C)C)=C1\OC(C)=C(c2ccc(N3CCC3)cc2Cl)N1N. The smallest absolute Gasteiger partial charge is 0.240 e. The lowest BCUT2D eigenvalue weighted by atomic mass is 10.1. The van der Waals surface area contributed by atoms with Crippen LogP contribution in [0.3, 0.4) is 0 Å². The van der Waals surface area contributed by atoms with Crippen LogP contribution < -0.4 is 16.6 Å². The predicted molar refractivity (Wildman–Crippen MR) is 124 cm³/mol. The van der Waals surface area contributed by atoms with Gasteiger partial charge in [-0.3, -0.25) is 5.01 Å². The number of rotatable bonds is 5. The lowest BCUT2D eigenvalue weighted by Crippen LogP contribution is -2.39. The monoisotopic (exact) mass is 428 g/mol. The van der Waals surface area contributed by atoms with Gasteiger partial charge in [0.1, 0.15) is 23.0 Å². The minimum atomic E-state index is 0.358. The molecule has 0 aromatic heterocycles. The summed E-state index contributed by atoms with van der Waals surface area (Å²) in [6, 6.07) is 5.98. The molecule has 0 amide bonds. The van der Waals surface area contributed by atoms with Gasteiger partial charge >= 0.3 is 0 Å². The number of hydrogen-bond acceptors (Lipinski definition) is 6. The zero-order valence-electron chi connectivity index (χ0n) is 18.0. The number of ether oxygens (including phenoxy) is 1. The van der Waals surface area contributed by atoms with Gasteiger partial charge in [-0.25, -0.2) is 21.7 Å². The van der Waals surface area contributed by atoms with E-state index in [4.69, 9.17) is 28.0 Å². The number of nitrogens with two attached hydrogens (primary N) is 2. The molecule has 0 saturated carbocycles. The number of hydrogen-bond donors (Lipinski definition) is 2. The molecule has 8 heteroatoms. The zero-order valence-corrected chi connectivity index (χ0v) is 18.8. The fraction of sp³-hybridized carbons (Fsp3) is 0.318. The van der Waals surface area contributed by atoms with Crippen molar-refractivity contribution in [1.29, 1.82) is 0 Å². The number of nitrogens with zero attached hydrogens (tertiary/aromatic N) is 4. The van der Waals surface area contributed by atoms with Crippen molar-refractivity contribution in [2.24, 2.45) is 16.7 Å². The van der Waals surface area contributed by atoms with E-state index in [-0.39, 0.29) is 0 Å². The highest BCUT2D eigenvalue weighted by atomic mass is 35.5. The molecular weight excluding hydrogens is 400 g/mol. The second-order valence-electron chi connectivity index (χ2n) is 7.58. The summed E-state index contributed by atoms with van der Waals surface area (Å²) in [7, 11) is 0. The van der Waals surface area contributed by atoms with E-state index in [0.29, 0.717) is 45.2 Å². The summed E-state index contributed by atoms with van der Waals surface area (Å²) in [5, 5.41) is 3.46. The fourth-order valence-electron chi connectivity index (χ4n) is 3.45. The van der Waals surface area contributed by atoms with Gasteiger partial charge in [-0.15, -0.1) is 0 Å². The van der Waals surface area contributed by atoms with Crippen molar-refractivity contribution >= 4 is 28.8 Å². The maximum absolute atomic E-state index is 6.63. The van der Waals surface area contributed by atoms with Gasteiger partial charge in [0.25, 0.3) is 0 Å². The molecule has 0 bridgehead atoms. The van der Waals surface area contributed by atoms with Crippen LogP contribution in [0.2, 0.25) is 5.02 Å². The number of aliphatic imine (C=N–C) groups is 1. The van der Waals surface area contributed by atoms with Gasteiger partial charge in [-0.2, -0.15) is 0 Å². The van der Waals surface area contributed by atoms with E-state index in [1.54, 1.807) is 13.8 Å². The summed E-state index contributed by atoms with van der Waals surface area (Å²) in [6.45, 7) is 17.2. The number of benzene rings is 1. The molecule has 4 N–H and O–H groups in total. The van der Waals surface area contributed by atoms with Crippen LogP contribution in [0.4, 0.5) is 5.69 Å². The van der Waals surface area contributed by atoms with E-state index in [1.165, 1.54) is 16.4 Å². The summed E-state index contributed by atoms with van der Waals surface area (Å²) in [4.78, 5) is 6.60. The molecule has 160 valence electrons. The van der Waals surface area contributed by atoms with Crippen molar-refractivity contribution < 1.29 is 4.74 Å². The molecule has 3 rings (SSSR count). The van der Waals surface area contributed by atoms with E-state index in [2.05, 4.69) is 29.1 Å². The number of hydrazine groups is 2. The molecular formula is C22H29ClN6O. The van der Waals surface area contributed by atoms with Crippen LogP contribution >= 0.6 is 11.6 Å². The molecule has 0 spiro atoms. The average molecular weight is 429 g/mol. The molecule has 2 aliphatic rings. The lowest BCUT2D eigenvalue weighted by molar-refractivity contribution is 0.238. The molecule has 0 aliphatic carbocycles. The number of anilines is 1. The Morgan fingerprint density at radius 3 is 2.40 bits per heavy atom. The third kappa shape index (κ3) is 4.09. The third-order valence-electron chi connectivity index (χ3n) is 5.02. The second kappa shape index (κ2) is 8.55. The van der Waals surface area contributed by atoms with Crippen molar-refractivity contribution in [1.82, 2.24) is 10.0 Å². The quantitative estimate of drug-likeness (QED) is 0.314. The Balaban J connectivity index is 1.99. The first-order valence-electron chi connectivity index (χ1n) is 9.76. The van der Waals surface area contributed by atoms with E-state index < -0.39 is 0 Å². The average Bonchev–Trinajstić information content (AvgIpc) is 2.87. The van der Waals surface area contributed by atoms with Crippen molar-refractivity contribution in [2.75, 3.05) is 18.0 Å². The Morgan fingerprint density at radius 1 is 1.23 bits per heavy atom. The van der Waals surface area contributed by atoms with E-state index in [0.717, 1.165) is 24.3 Å². The van der Waals surface area contributed by atoms with Gasteiger partial charge in [0.05, 0.1) is 5.02 Å². The normalized spacial score (nSPS) is 18.3. The first-order valence-corrected chi connectivity index (χ1v) is 10.1. The summed E-state index contributed by atoms with van der Waals surface area (Å²) in [6.07, 6.45) is 1.20. The molecule has 0 unspecified atom stereocenters. The molecule has 1 aromatic rings. The molecule has 0 atom stereocenters. The Kier molecular flexibility index (Phi) is 6.26. The van der Waals surface area contributed by atoms with Crippen LogP contribution in [-0.2, 0) is 4.74 Å².